The van der Waals surface area contributed by atoms with E-state index in [0.29, 0.717) is 6.42 Å². The maximum absolute atomic E-state index is 12.4. The lowest BCUT2D eigenvalue weighted by Crippen LogP contribution is -2.73. The molecule has 0 saturated carbocycles. The Morgan fingerprint density at radius 1 is 1.21 bits per heavy atom. The number of nitrogens with one attached hydrogen (secondary N) is 1. The molecule has 1 rings (SSSR count). The molecule has 0 aliphatic carbocycles. The highest BCUT2D eigenvalue weighted by molar-refractivity contribution is 7.90. The highest BCUT2D eigenvalue weighted by Gasteiger charge is 2.51. The molecule has 0 aromatic heterocycles. The van der Waals surface area contributed by atoms with Crippen molar-refractivity contribution < 1.29 is 18.0 Å². The maximum Gasteiger partial charge on any atom is 0.248 e. The molecule has 1 unspecified atom stereocenters. The van der Waals surface area contributed by atoms with Gasteiger partial charge in [0.15, 0.2) is 0 Å². The number of carbonyl (C=O) groups excluding carboxylic acids is 2. The molecule has 1 fully saturated rings. The highest BCUT2D eigenvalue weighted by atomic mass is 32.2. The van der Waals surface area contributed by atoms with Gasteiger partial charge in [-0.2, -0.15) is 0 Å². The smallest absolute Gasteiger partial charge is 0.248 e. The Morgan fingerprint density at radius 3 is 2.16 bits per heavy atom. The molecule has 1 aliphatic rings. The lowest BCUT2D eigenvalue weighted by molar-refractivity contribution is -0.160. The summed E-state index contributed by atoms with van der Waals surface area (Å²) in [6.07, 6.45) is 1.56. The van der Waals surface area contributed by atoms with Gasteiger partial charge >= 0.3 is 0 Å². The first kappa shape index (κ1) is 15.9. The van der Waals surface area contributed by atoms with E-state index in [1.165, 1.54) is 4.90 Å². The number of rotatable bonds is 4. The molecular weight excluding hydrogens is 268 g/mol. The zero-order valence-corrected chi connectivity index (χ0v) is 12.9. The van der Waals surface area contributed by atoms with Gasteiger partial charge in [0.25, 0.3) is 0 Å². The molecule has 110 valence electrons. The Labute approximate surface area is 114 Å². The number of hydrogen-bond acceptors (Lipinski definition) is 4. The molecule has 0 aromatic carbocycles. The van der Waals surface area contributed by atoms with Crippen LogP contribution in [-0.2, 0) is 19.4 Å². The van der Waals surface area contributed by atoms with Crippen LogP contribution in [0.2, 0.25) is 0 Å². The van der Waals surface area contributed by atoms with E-state index >= 15 is 0 Å². The second-order valence-electron chi connectivity index (χ2n) is 5.79. The molecule has 1 N–H and O–H groups in total. The van der Waals surface area contributed by atoms with Gasteiger partial charge in [-0.25, -0.2) is 8.42 Å². The van der Waals surface area contributed by atoms with E-state index in [2.05, 4.69) is 5.32 Å². The average molecular weight is 290 g/mol. The minimum atomic E-state index is -3.19. The predicted octanol–water partition coefficient (Wildman–Crippen LogP) is -0.0633. The van der Waals surface area contributed by atoms with Crippen molar-refractivity contribution in [1.82, 2.24) is 10.2 Å². The first-order chi connectivity index (χ1) is 8.44. The van der Waals surface area contributed by atoms with E-state index in [4.69, 9.17) is 0 Å². The van der Waals surface area contributed by atoms with Gasteiger partial charge in [0.1, 0.15) is 20.9 Å². The molecule has 2 amide bonds. The third kappa shape index (κ3) is 3.08. The first-order valence-electron chi connectivity index (χ1n) is 6.26. The van der Waals surface area contributed by atoms with Crippen LogP contribution in [0.15, 0.2) is 0 Å². The molecule has 1 aliphatic heterocycles. The number of piperazine rings is 1. The van der Waals surface area contributed by atoms with Crippen molar-refractivity contribution in [2.24, 2.45) is 0 Å². The monoisotopic (exact) mass is 290 g/mol. The molecule has 0 aromatic rings. The first-order valence-corrected chi connectivity index (χ1v) is 8.32. The summed E-state index contributed by atoms with van der Waals surface area (Å²) in [7, 11) is -3.19. The normalized spacial score (nSPS) is 27.3. The van der Waals surface area contributed by atoms with Gasteiger partial charge < -0.3 is 10.2 Å². The molecule has 6 nitrogen and oxygen atoms in total. The zero-order chi connectivity index (χ0) is 15.1. The average Bonchev–Trinajstić information content (AvgIpc) is 2.24. The Morgan fingerprint density at radius 2 is 1.74 bits per heavy atom. The molecule has 0 radical (unpaired) electrons. The van der Waals surface area contributed by atoms with Gasteiger partial charge in [0.05, 0.1) is 5.75 Å². The maximum atomic E-state index is 12.4. The second kappa shape index (κ2) is 4.77. The van der Waals surface area contributed by atoms with Crippen LogP contribution in [0.25, 0.3) is 0 Å². The quantitative estimate of drug-likeness (QED) is 0.786. The summed E-state index contributed by atoms with van der Waals surface area (Å²) in [5.41, 5.74) is -1.99. The molecule has 0 spiro atoms. The minimum Gasteiger partial charge on any atom is -0.340 e. The van der Waals surface area contributed by atoms with Gasteiger partial charge in [0, 0.05) is 12.8 Å². The van der Waals surface area contributed by atoms with E-state index < -0.39 is 20.9 Å². The number of sulfone groups is 1. The van der Waals surface area contributed by atoms with Crippen LogP contribution in [-0.4, -0.2) is 54.8 Å². The number of carbonyl (C=O) groups is 2. The molecule has 19 heavy (non-hydrogen) atoms. The summed E-state index contributed by atoms with van der Waals surface area (Å²) in [5.74, 6) is -0.634. The Balaban J connectivity index is 3.11. The standard InChI is InChI=1S/C12H22N2O4S/c1-6-12(4)9(15)13-11(2,3)10(16)14(12)7-8-19(5,17)18/h6-8H2,1-5H3,(H,13,15). The van der Waals surface area contributed by atoms with Crippen molar-refractivity contribution in [2.45, 2.75) is 45.2 Å². The summed E-state index contributed by atoms with van der Waals surface area (Å²) in [6.45, 7) is 6.75. The zero-order valence-electron chi connectivity index (χ0n) is 12.1. The molecule has 1 atom stereocenters. The number of hydrogen-bond donors (Lipinski definition) is 1. The fraction of sp³-hybridized carbons (Fsp3) is 0.833. The highest BCUT2D eigenvalue weighted by Crippen LogP contribution is 2.28. The van der Waals surface area contributed by atoms with Gasteiger partial charge in [0.2, 0.25) is 11.8 Å². The summed E-state index contributed by atoms with van der Waals surface area (Å²) >= 11 is 0. The van der Waals surface area contributed by atoms with Crippen LogP contribution in [0.5, 0.6) is 0 Å². The Hall–Kier alpha value is -1.11. The van der Waals surface area contributed by atoms with Crippen molar-refractivity contribution in [3.63, 3.8) is 0 Å². The largest absolute Gasteiger partial charge is 0.340 e. The molecule has 1 heterocycles. The summed E-state index contributed by atoms with van der Waals surface area (Å²) in [5, 5.41) is 2.69. The van der Waals surface area contributed by atoms with E-state index in [-0.39, 0.29) is 24.1 Å². The topological polar surface area (TPSA) is 83.6 Å². The molecule has 1 saturated heterocycles. The van der Waals surface area contributed by atoms with Crippen LogP contribution >= 0.6 is 0 Å². The number of amides is 2. The molecule has 0 bridgehead atoms. The second-order valence-corrected chi connectivity index (χ2v) is 8.05. The van der Waals surface area contributed by atoms with Crippen LogP contribution in [0.4, 0.5) is 0 Å². The summed E-state index contributed by atoms with van der Waals surface area (Å²) < 4.78 is 22.6. The van der Waals surface area contributed by atoms with Crippen LogP contribution in [0, 0.1) is 0 Å². The van der Waals surface area contributed by atoms with Crippen LogP contribution in [0.1, 0.15) is 34.1 Å². The molecular formula is C12H22N2O4S. The predicted molar refractivity (Wildman–Crippen MR) is 72.3 cm³/mol. The molecule has 7 heteroatoms. The van der Waals surface area contributed by atoms with Crippen molar-refractivity contribution >= 4 is 21.7 Å². The van der Waals surface area contributed by atoms with Crippen molar-refractivity contribution in [3.05, 3.63) is 0 Å². The van der Waals surface area contributed by atoms with E-state index in [1.54, 1.807) is 27.7 Å². The summed E-state index contributed by atoms with van der Waals surface area (Å²) in [4.78, 5) is 26.0. The fourth-order valence-corrected chi connectivity index (χ4v) is 2.63. The van der Waals surface area contributed by atoms with Gasteiger partial charge in [-0.3, -0.25) is 9.59 Å². The van der Waals surface area contributed by atoms with E-state index in [0.717, 1.165) is 6.26 Å². The van der Waals surface area contributed by atoms with Crippen molar-refractivity contribution in [3.8, 4) is 0 Å². The Kier molecular flexibility index (Phi) is 4.01. The van der Waals surface area contributed by atoms with E-state index in [1.807, 2.05) is 0 Å². The third-order valence-electron chi connectivity index (χ3n) is 3.66. The van der Waals surface area contributed by atoms with Gasteiger partial charge in [-0.05, 0) is 27.2 Å². The summed E-state index contributed by atoms with van der Waals surface area (Å²) in [6, 6.07) is 0. The third-order valence-corrected chi connectivity index (χ3v) is 4.59. The van der Waals surface area contributed by atoms with Gasteiger partial charge in [-0.1, -0.05) is 6.92 Å². The van der Waals surface area contributed by atoms with Crippen molar-refractivity contribution in [1.29, 1.82) is 0 Å². The van der Waals surface area contributed by atoms with Crippen LogP contribution in [0.3, 0.4) is 0 Å². The number of nitrogens with zero attached hydrogens (tertiary/aromatic N) is 1. The lowest BCUT2D eigenvalue weighted by atomic mass is 9.86. The van der Waals surface area contributed by atoms with E-state index in [9.17, 15) is 18.0 Å². The van der Waals surface area contributed by atoms with Gasteiger partial charge in [-0.15, -0.1) is 0 Å². The Bertz CT molecular complexity index is 498. The van der Waals surface area contributed by atoms with Crippen LogP contribution < -0.4 is 5.32 Å². The minimum absolute atomic E-state index is 0.0405. The fourth-order valence-electron chi connectivity index (χ4n) is 2.11. The SMILES string of the molecule is CCC1(C)C(=O)NC(C)(C)C(=O)N1CCS(C)(=O)=O. The lowest BCUT2D eigenvalue weighted by Gasteiger charge is -2.48. The van der Waals surface area contributed by atoms with Crippen molar-refractivity contribution in [2.75, 3.05) is 18.6 Å².